The quantitative estimate of drug-likeness (QED) is 0.299. The molecule has 0 saturated carbocycles. The minimum atomic E-state index is -0.838. The first-order chi connectivity index (χ1) is 6.85. The van der Waals surface area contributed by atoms with Gasteiger partial charge in [-0.1, -0.05) is 0 Å². The molecule has 0 spiro atoms. The first-order valence-electron chi connectivity index (χ1n) is 4.56. The predicted molar refractivity (Wildman–Crippen MR) is 61.5 cm³/mol. The number of imide groups is 1. The number of hydrogen-bond donors (Lipinski definition) is 4. The third kappa shape index (κ3) is 2.75. The molecule has 0 aromatic heterocycles. The monoisotopic (exact) mass is 249 g/mol. The number of nitrogens with two attached hydrogens (primary N) is 1. The van der Waals surface area contributed by atoms with Gasteiger partial charge in [0.25, 0.3) is 5.91 Å². The summed E-state index contributed by atoms with van der Waals surface area (Å²) < 4.78 is 0. The van der Waals surface area contributed by atoms with Crippen molar-refractivity contribution in [2.75, 3.05) is 13.1 Å². The van der Waals surface area contributed by atoms with Gasteiger partial charge in [0.2, 0.25) is 0 Å². The molecule has 7 nitrogen and oxygen atoms in total. The van der Waals surface area contributed by atoms with Gasteiger partial charge in [-0.3, -0.25) is 15.5 Å². The molecule has 0 radical (unpaired) electrons. The minimum absolute atomic E-state index is 0. The van der Waals surface area contributed by atoms with Gasteiger partial charge in [0.1, 0.15) is 5.54 Å². The molecule has 16 heavy (non-hydrogen) atoms. The minimum Gasteiger partial charge on any atom is -0.370 e. The number of hydrogen-bond acceptors (Lipinski definition) is 3. The van der Waals surface area contributed by atoms with Crippen molar-refractivity contribution in [3.63, 3.8) is 0 Å². The van der Waals surface area contributed by atoms with Gasteiger partial charge < -0.3 is 16.0 Å². The summed E-state index contributed by atoms with van der Waals surface area (Å²) in [4.78, 5) is 24.1. The van der Waals surface area contributed by atoms with Crippen LogP contribution in [0.15, 0.2) is 0 Å². The van der Waals surface area contributed by atoms with Crippen molar-refractivity contribution in [3.05, 3.63) is 0 Å². The van der Waals surface area contributed by atoms with Gasteiger partial charge in [0.05, 0.1) is 0 Å². The van der Waals surface area contributed by atoms with E-state index in [2.05, 4.69) is 10.6 Å². The highest BCUT2D eigenvalue weighted by Crippen LogP contribution is 2.19. The summed E-state index contributed by atoms with van der Waals surface area (Å²) in [5.41, 5.74) is 4.26. The van der Waals surface area contributed by atoms with E-state index in [0.717, 1.165) is 0 Å². The van der Waals surface area contributed by atoms with Crippen molar-refractivity contribution >= 4 is 30.3 Å². The van der Waals surface area contributed by atoms with Gasteiger partial charge in [-0.05, 0) is 13.8 Å². The van der Waals surface area contributed by atoms with Gasteiger partial charge in [0.15, 0.2) is 5.96 Å². The molecule has 1 rings (SSSR count). The smallest absolute Gasteiger partial charge is 0.325 e. The van der Waals surface area contributed by atoms with E-state index in [1.807, 2.05) is 0 Å². The van der Waals surface area contributed by atoms with Crippen LogP contribution in [0, 0.1) is 5.41 Å². The molecular formula is C8H16ClN5O2. The molecule has 0 atom stereocenters. The molecule has 3 amide bonds. The van der Waals surface area contributed by atoms with E-state index in [9.17, 15) is 9.59 Å². The molecule has 1 aliphatic rings. The first kappa shape index (κ1) is 14.5. The molecule has 5 N–H and O–H groups in total. The summed E-state index contributed by atoms with van der Waals surface area (Å²) in [6.07, 6.45) is 0. The Kier molecular flexibility index (Phi) is 4.55. The average molecular weight is 250 g/mol. The van der Waals surface area contributed by atoms with Crippen LogP contribution < -0.4 is 16.4 Å². The van der Waals surface area contributed by atoms with E-state index in [4.69, 9.17) is 11.1 Å². The molecule has 1 heterocycles. The second kappa shape index (κ2) is 5.02. The molecule has 1 fully saturated rings. The zero-order valence-electron chi connectivity index (χ0n) is 9.16. The maximum absolute atomic E-state index is 11.4. The fourth-order valence-corrected chi connectivity index (χ4v) is 1.38. The molecule has 0 unspecified atom stereocenters. The number of nitrogens with one attached hydrogen (secondary N) is 3. The Morgan fingerprint density at radius 1 is 1.56 bits per heavy atom. The van der Waals surface area contributed by atoms with Crippen molar-refractivity contribution in [2.24, 2.45) is 5.73 Å². The fraction of sp³-hybridized carbons (Fsp3) is 0.625. The average Bonchev–Trinajstić information content (AvgIpc) is 2.27. The highest BCUT2D eigenvalue weighted by Gasteiger charge is 2.44. The van der Waals surface area contributed by atoms with Crippen LogP contribution >= 0.6 is 12.4 Å². The molecule has 1 aliphatic heterocycles. The van der Waals surface area contributed by atoms with Gasteiger partial charge in [-0.15, -0.1) is 12.4 Å². The SMILES string of the molecule is CC1(C)C(=O)NC(=O)N1CCNC(=N)N.Cl. The second-order valence-corrected chi connectivity index (χ2v) is 3.81. The Labute approximate surface area is 99.6 Å². The topological polar surface area (TPSA) is 111 Å². The number of guanidine groups is 1. The summed E-state index contributed by atoms with van der Waals surface area (Å²) in [5, 5.41) is 11.7. The van der Waals surface area contributed by atoms with Crippen molar-refractivity contribution < 1.29 is 9.59 Å². The van der Waals surface area contributed by atoms with E-state index >= 15 is 0 Å². The van der Waals surface area contributed by atoms with Crippen LogP contribution in [0.1, 0.15) is 13.8 Å². The zero-order chi connectivity index (χ0) is 11.6. The van der Waals surface area contributed by atoms with Gasteiger partial charge in [-0.25, -0.2) is 4.79 Å². The molecule has 8 heteroatoms. The third-order valence-corrected chi connectivity index (χ3v) is 2.35. The van der Waals surface area contributed by atoms with Crippen molar-refractivity contribution in [1.29, 1.82) is 5.41 Å². The van der Waals surface area contributed by atoms with E-state index in [0.29, 0.717) is 13.1 Å². The normalized spacial score (nSPS) is 17.8. The van der Waals surface area contributed by atoms with Crippen LogP contribution in [0.5, 0.6) is 0 Å². The summed E-state index contributed by atoms with van der Waals surface area (Å²) in [5.74, 6) is -0.464. The Balaban J connectivity index is 0.00000225. The Hall–Kier alpha value is -1.50. The largest absolute Gasteiger partial charge is 0.370 e. The number of amides is 3. The number of urea groups is 1. The Morgan fingerprint density at radius 3 is 2.50 bits per heavy atom. The molecule has 0 bridgehead atoms. The molecule has 0 aromatic rings. The van der Waals surface area contributed by atoms with E-state index in [1.54, 1.807) is 13.8 Å². The lowest BCUT2D eigenvalue weighted by Gasteiger charge is -2.27. The van der Waals surface area contributed by atoms with Crippen molar-refractivity contribution in [1.82, 2.24) is 15.5 Å². The lowest BCUT2D eigenvalue weighted by atomic mass is 10.0. The molecule has 1 saturated heterocycles. The third-order valence-electron chi connectivity index (χ3n) is 2.35. The lowest BCUT2D eigenvalue weighted by Crippen LogP contribution is -2.48. The second-order valence-electron chi connectivity index (χ2n) is 3.81. The summed E-state index contributed by atoms with van der Waals surface area (Å²) in [6, 6.07) is -0.407. The van der Waals surface area contributed by atoms with E-state index in [1.165, 1.54) is 4.90 Å². The molecular weight excluding hydrogens is 234 g/mol. The van der Waals surface area contributed by atoms with Crippen LogP contribution in [-0.2, 0) is 4.79 Å². The van der Waals surface area contributed by atoms with Crippen LogP contribution in [0.2, 0.25) is 0 Å². The zero-order valence-corrected chi connectivity index (χ0v) is 9.98. The van der Waals surface area contributed by atoms with Crippen molar-refractivity contribution in [2.45, 2.75) is 19.4 Å². The standard InChI is InChI=1S/C8H15N5O2.ClH/c1-8(2)5(14)12-7(15)13(8)4-3-11-6(9)10;/h3-4H2,1-2H3,(H4,9,10,11)(H,12,14,15);1H. The fourth-order valence-electron chi connectivity index (χ4n) is 1.38. The van der Waals surface area contributed by atoms with Crippen LogP contribution in [-0.4, -0.2) is 41.4 Å². The summed E-state index contributed by atoms with van der Waals surface area (Å²) in [6.45, 7) is 4.01. The lowest BCUT2D eigenvalue weighted by molar-refractivity contribution is -0.125. The number of nitrogens with zero attached hydrogens (tertiary/aromatic N) is 1. The number of rotatable bonds is 3. The van der Waals surface area contributed by atoms with E-state index < -0.39 is 11.6 Å². The molecule has 0 aliphatic carbocycles. The first-order valence-corrected chi connectivity index (χ1v) is 4.56. The van der Waals surface area contributed by atoms with Gasteiger partial charge >= 0.3 is 6.03 Å². The summed E-state index contributed by atoms with van der Waals surface area (Å²) in [7, 11) is 0. The Morgan fingerprint density at radius 2 is 2.12 bits per heavy atom. The van der Waals surface area contributed by atoms with Crippen LogP contribution in [0.3, 0.4) is 0 Å². The maximum atomic E-state index is 11.4. The van der Waals surface area contributed by atoms with Crippen molar-refractivity contribution in [3.8, 4) is 0 Å². The molecule has 92 valence electrons. The molecule has 0 aromatic carbocycles. The number of halogens is 1. The summed E-state index contributed by atoms with van der Waals surface area (Å²) >= 11 is 0. The number of carbonyl (C=O) groups is 2. The number of carbonyl (C=O) groups excluding carboxylic acids is 2. The van der Waals surface area contributed by atoms with Crippen LogP contribution in [0.4, 0.5) is 4.79 Å². The van der Waals surface area contributed by atoms with E-state index in [-0.39, 0.29) is 24.3 Å². The Bertz CT molecular complexity index is 318. The van der Waals surface area contributed by atoms with Gasteiger partial charge in [0, 0.05) is 13.1 Å². The van der Waals surface area contributed by atoms with Gasteiger partial charge in [-0.2, -0.15) is 0 Å². The maximum Gasteiger partial charge on any atom is 0.325 e. The van der Waals surface area contributed by atoms with Crippen LogP contribution in [0.25, 0.3) is 0 Å². The highest BCUT2D eigenvalue weighted by atomic mass is 35.5. The predicted octanol–water partition coefficient (Wildman–Crippen LogP) is -0.778. The highest BCUT2D eigenvalue weighted by molar-refractivity contribution is 6.06.